The van der Waals surface area contributed by atoms with Crippen LogP contribution in [0.4, 0.5) is 0 Å². The van der Waals surface area contributed by atoms with Crippen molar-refractivity contribution in [1.82, 2.24) is 5.32 Å². The molecule has 0 bridgehead atoms. The van der Waals surface area contributed by atoms with Gasteiger partial charge in [0, 0.05) is 6.04 Å². The van der Waals surface area contributed by atoms with E-state index in [1.165, 1.54) is 30.4 Å². The van der Waals surface area contributed by atoms with Gasteiger partial charge in [-0.05, 0) is 42.9 Å². The molecule has 0 amide bonds. The Kier molecular flexibility index (Phi) is 7.15. The normalized spacial score (nSPS) is 14.6. The minimum atomic E-state index is 0.577. The molecule has 1 nitrogen and oxygen atoms in total. The summed E-state index contributed by atoms with van der Waals surface area (Å²) in [6.45, 7) is 12.5. The average Bonchev–Trinajstić information content (AvgIpc) is 2.36. The predicted molar refractivity (Wildman–Crippen MR) is 85.6 cm³/mol. The highest BCUT2D eigenvalue weighted by molar-refractivity contribution is 5.26. The van der Waals surface area contributed by atoms with Gasteiger partial charge in [-0.15, -0.1) is 0 Å². The van der Waals surface area contributed by atoms with Crippen molar-refractivity contribution in [1.29, 1.82) is 0 Å². The summed E-state index contributed by atoms with van der Waals surface area (Å²) in [5, 5.41) is 3.62. The van der Waals surface area contributed by atoms with E-state index in [9.17, 15) is 0 Å². The SMILES string of the molecule is CCCC(C)C(CNC(C)C)Cc1ccccc1C. The van der Waals surface area contributed by atoms with Crippen molar-refractivity contribution in [3.8, 4) is 0 Å². The molecule has 1 aromatic carbocycles. The second-order valence-corrected chi connectivity index (χ2v) is 6.22. The van der Waals surface area contributed by atoms with Crippen LogP contribution in [0.25, 0.3) is 0 Å². The van der Waals surface area contributed by atoms with Crippen molar-refractivity contribution in [3.63, 3.8) is 0 Å². The van der Waals surface area contributed by atoms with Gasteiger partial charge in [0.2, 0.25) is 0 Å². The number of rotatable bonds is 8. The number of nitrogens with one attached hydrogen (secondary N) is 1. The van der Waals surface area contributed by atoms with Gasteiger partial charge in [0.15, 0.2) is 0 Å². The van der Waals surface area contributed by atoms with Crippen LogP contribution in [0.2, 0.25) is 0 Å². The van der Waals surface area contributed by atoms with Gasteiger partial charge in [-0.1, -0.05) is 64.8 Å². The lowest BCUT2D eigenvalue weighted by Gasteiger charge is -2.26. The highest BCUT2D eigenvalue weighted by Gasteiger charge is 2.18. The first kappa shape index (κ1) is 16.2. The van der Waals surface area contributed by atoms with Crippen LogP contribution in [-0.2, 0) is 6.42 Å². The quantitative estimate of drug-likeness (QED) is 0.722. The minimum Gasteiger partial charge on any atom is -0.314 e. The summed E-state index contributed by atoms with van der Waals surface area (Å²) in [5.74, 6) is 1.53. The molecule has 108 valence electrons. The summed E-state index contributed by atoms with van der Waals surface area (Å²) in [4.78, 5) is 0. The molecule has 0 fully saturated rings. The first-order valence-corrected chi connectivity index (χ1v) is 7.82. The molecule has 19 heavy (non-hydrogen) atoms. The molecule has 0 heterocycles. The van der Waals surface area contributed by atoms with Crippen LogP contribution in [0.1, 0.15) is 51.7 Å². The molecule has 1 heteroatoms. The van der Waals surface area contributed by atoms with Gasteiger partial charge in [-0.3, -0.25) is 0 Å². The maximum atomic E-state index is 3.62. The number of benzene rings is 1. The van der Waals surface area contributed by atoms with Crippen LogP contribution in [0.5, 0.6) is 0 Å². The molecule has 0 aliphatic carbocycles. The van der Waals surface area contributed by atoms with Crippen molar-refractivity contribution in [2.75, 3.05) is 6.54 Å². The monoisotopic (exact) mass is 261 g/mol. The standard InChI is InChI=1S/C18H31N/c1-6-9-15(4)18(13-19-14(2)3)12-17-11-8-7-10-16(17)5/h7-8,10-11,14-15,18-19H,6,9,12-13H2,1-5H3. The maximum absolute atomic E-state index is 3.62. The minimum absolute atomic E-state index is 0.577. The first-order chi connectivity index (χ1) is 9.04. The van der Waals surface area contributed by atoms with Gasteiger partial charge in [0.25, 0.3) is 0 Å². The Labute approximate surface area is 119 Å². The summed E-state index contributed by atoms with van der Waals surface area (Å²) in [6.07, 6.45) is 3.82. The highest BCUT2D eigenvalue weighted by Crippen LogP contribution is 2.23. The van der Waals surface area contributed by atoms with Gasteiger partial charge in [0.05, 0.1) is 0 Å². The zero-order chi connectivity index (χ0) is 14.3. The lowest BCUT2D eigenvalue weighted by atomic mass is 9.84. The smallest absolute Gasteiger partial charge is 0.00104 e. The maximum Gasteiger partial charge on any atom is 0.00104 e. The molecular weight excluding hydrogens is 230 g/mol. The van der Waals surface area contributed by atoms with Gasteiger partial charge in [0.1, 0.15) is 0 Å². The Morgan fingerprint density at radius 3 is 2.37 bits per heavy atom. The van der Waals surface area contributed by atoms with E-state index in [0.717, 1.165) is 18.4 Å². The zero-order valence-electron chi connectivity index (χ0n) is 13.4. The van der Waals surface area contributed by atoms with Gasteiger partial charge < -0.3 is 5.32 Å². The van der Waals surface area contributed by atoms with Crippen molar-refractivity contribution >= 4 is 0 Å². The second-order valence-electron chi connectivity index (χ2n) is 6.22. The molecule has 0 saturated carbocycles. The largest absolute Gasteiger partial charge is 0.314 e. The summed E-state index contributed by atoms with van der Waals surface area (Å²) in [7, 11) is 0. The molecule has 2 unspecified atom stereocenters. The van der Waals surface area contributed by atoms with Gasteiger partial charge in [-0.2, -0.15) is 0 Å². The molecule has 1 aromatic rings. The summed E-state index contributed by atoms with van der Waals surface area (Å²) < 4.78 is 0. The molecule has 0 saturated heterocycles. The third-order valence-corrected chi connectivity index (χ3v) is 4.08. The first-order valence-electron chi connectivity index (χ1n) is 7.82. The second kappa shape index (κ2) is 8.37. The lowest BCUT2D eigenvalue weighted by Crippen LogP contribution is -2.33. The van der Waals surface area contributed by atoms with E-state index in [2.05, 4.69) is 64.2 Å². The van der Waals surface area contributed by atoms with Crippen LogP contribution in [0.15, 0.2) is 24.3 Å². The molecule has 0 aliphatic rings. The summed E-state index contributed by atoms with van der Waals surface area (Å²) in [5.41, 5.74) is 2.95. The third kappa shape index (κ3) is 5.78. The summed E-state index contributed by atoms with van der Waals surface area (Å²) in [6, 6.07) is 9.40. The molecule has 1 rings (SSSR count). The van der Waals surface area contributed by atoms with Crippen LogP contribution in [-0.4, -0.2) is 12.6 Å². The molecule has 2 atom stereocenters. The molecule has 0 aromatic heterocycles. The molecule has 0 radical (unpaired) electrons. The topological polar surface area (TPSA) is 12.0 Å². The van der Waals surface area contributed by atoms with E-state index in [4.69, 9.17) is 0 Å². The fraction of sp³-hybridized carbons (Fsp3) is 0.667. The van der Waals surface area contributed by atoms with Crippen LogP contribution in [0, 0.1) is 18.8 Å². The number of hydrogen-bond donors (Lipinski definition) is 1. The molecular formula is C18H31N. The Balaban J connectivity index is 2.70. The summed E-state index contributed by atoms with van der Waals surface area (Å²) >= 11 is 0. The fourth-order valence-corrected chi connectivity index (χ4v) is 2.67. The van der Waals surface area contributed by atoms with Gasteiger partial charge in [-0.25, -0.2) is 0 Å². The molecule has 1 N–H and O–H groups in total. The van der Waals surface area contributed by atoms with E-state index in [-0.39, 0.29) is 0 Å². The fourth-order valence-electron chi connectivity index (χ4n) is 2.67. The van der Waals surface area contributed by atoms with E-state index in [0.29, 0.717) is 6.04 Å². The third-order valence-electron chi connectivity index (χ3n) is 4.08. The lowest BCUT2D eigenvalue weighted by molar-refractivity contribution is 0.310. The Morgan fingerprint density at radius 1 is 1.11 bits per heavy atom. The molecule has 0 aliphatic heterocycles. The van der Waals surface area contributed by atoms with Crippen LogP contribution < -0.4 is 5.32 Å². The number of hydrogen-bond acceptors (Lipinski definition) is 1. The Morgan fingerprint density at radius 2 is 1.79 bits per heavy atom. The van der Waals surface area contributed by atoms with E-state index in [1.807, 2.05) is 0 Å². The molecule has 0 spiro atoms. The predicted octanol–water partition coefficient (Wildman–Crippen LogP) is 4.59. The van der Waals surface area contributed by atoms with Crippen LogP contribution >= 0.6 is 0 Å². The van der Waals surface area contributed by atoms with E-state index in [1.54, 1.807) is 0 Å². The van der Waals surface area contributed by atoms with Crippen molar-refractivity contribution in [2.45, 2.75) is 59.9 Å². The van der Waals surface area contributed by atoms with Crippen molar-refractivity contribution in [2.24, 2.45) is 11.8 Å². The van der Waals surface area contributed by atoms with Gasteiger partial charge >= 0.3 is 0 Å². The number of aryl methyl sites for hydroxylation is 1. The zero-order valence-corrected chi connectivity index (χ0v) is 13.4. The van der Waals surface area contributed by atoms with E-state index < -0.39 is 0 Å². The van der Waals surface area contributed by atoms with Crippen LogP contribution in [0.3, 0.4) is 0 Å². The Bertz CT molecular complexity index is 356. The highest BCUT2D eigenvalue weighted by atomic mass is 14.9. The van der Waals surface area contributed by atoms with Crippen molar-refractivity contribution < 1.29 is 0 Å². The van der Waals surface area contributed by atoms with Crippen molar-refractivity contribution in [3.05, 3.63) is 35.4 Å². The van der Waals surface area contributed by atoms with E-state index >= 15 is 0 Å². The Hall–Kier alpha value is -0.820. The average molecular weight is 261 g/mol.